The van der Waals surface area contributed by atoms with Crippen LogP contribution in [0.2, 0.25) is 0 Å². The van der Waals surface area contributed by atoms with Gasteiger partial charge in [-0.1, -0.05) is 6.07 Å². The summed E-state index contributed by atoms with van der Waals surface area (Å²) < 4.78 is 0. The first-order chi connectivity index (χ1) is 7.18. The summed E-state index contributed by atoms with van der Waals surface area (Å²) in [6, 6.07) is 5.06. The van der Waals surface area contributed by atoms with Crippen molar-refractivity contribution in [3.63, 3.8) is 0 Å². The Hall–Kier alpha value is -1.46. The van der Waals surface area contributed by atoms with Crippen LogP contribution in [0, 0.1) is 0 Å². The number of carbonyl (C=O) groups excluding carboxylic acids is 1. The van der Waals surface area contributed by atoms with E-state index in [1.54, 1.807) is 18.2 Å². The minimum Gasteiger partial charge on any atom is -0.388 e. The average molecular weight is 208 g/mol. The van der Waals surface area contributed by atoms with Gasteiger partial charge in [0.25, 0.3) is 5.91 Å². The quantitative estimate of drug-likeness (QED) is 0.637. The van der Waals surface area contributed by atoms with Gasteiger partial charge in [-0.15, -0.1) is 0 Å². The highest BCUT2D eigenvalue weighted by Gasteiger charge is 2.33. The molecule has 1 aliphatic heterocycles. The predicted octanol–water partition coefficient (Wildman–Crippen LogP) is -0.741. The Morgan fingerprint density at radius 2 is 2.00 bits per heavy atom. The number of likely N-dealkylation sites (tertiary alicyclic amines) is 1. The van der Waals surface area contributed by atoms with Crippen LogP contribution in [0.3, 0.4) is 0 Å². The molecule has 5 heteroatoms. The molecule has 1 aromatic rings. The number of hydrogen-bond acceptors (Lipinski definition) is 4. The van der Waals surface area contributed by atoms with Crippen molar-refractivity contribution >= 4 is 5.91 Å². The van der Waals surface area contributed by atoms with E-state index in [9.17, 15) is 15.0 Å². The summed E-state index contributed by atoms with van der Waals surface area (Å²) >= 11 is 0. The molecule has 0 radical (unpaired) electrons. The molecule has 2 rings (SSSR count). The van der Waals surface area contributed by atoms with Crippen molar-refractivity contribution in [1.29, 1.82) is 0 Å². The topological polar surface area (TPSA) is 73.7 Å². The van der Waals surface area contributed by atoms with E-state index in [2.05, 4.69) is 4.98 Å². The number of aliphatic hydroxyl groups excluding tert-OH is 2. The maximum absolute atomic E-state index is 11.8. The molecule has 1 amide bonds. The lowest BCUT2D eigenvalue weighted by atomic mass is 10.3. The Bertz CT molecular complexity index is 345. The van der Waals surface area contributed by atoms with Crippen LogP contribution >= 0.6 is 0 Å². The smallest absolute Gasteiger partial charge is 0.272 e. The predicted molar refractivity (Wildman–Crippen MR) is 52.2 cm³/mol. The fourth-order valence-corrected chi connectivity index (χ4v) is 1.59. The monoisotopic (exact) mass is 208 g/mol. The SMILES string of the molecule is O=C(c1ccccn1)N1C[C@@H](O)[C@@H](O)C1. The first-order valence-corrected chi connectivity index (χ1v) is 4.75. The second kappa shape index (κ2) is 3.96. The van der Waals surface area contributed by atoms with Crippen molar-refractivity contribution in [3.05, 3.63) is 30.1 Å². The first-order valence-electron chi connectivity index (χ1n) is 4.75. The molecule has 15 heavy (non-hydrogen) atoms. The van der Waals surface area contributed by atoms with Gasteiger partial charge in [-0.25, -0.2) is 0 Å². The average Bonchev–Trinajstić information content (AvgIpc) is 2.59. The molecule has 2 atom stereocenters. The lowest BCUT2D eigenvalue weighted by Gasteiger charge is -2.14. The van der Waals surface area contributed by atoms with E-state index >= 15 is 0 Å². The van der Waals surface area contributed by atoms with Gasteiger partial charge in [-0.3, -0.25) is 9.78 Å². The minimum absolute atomic E-state index is 0.163. The molecule has 0 unspecified atom stereocenters. The van der Waals surface area contributed by atoms with Crippen molar-refractivity contribution in [1.82, 2.24) is 9.88 Å². The summed E-state index contributed by atoms with van der Waals surface area (Å²) in [6.07, 6.45) is -0.161. The van der Waals surface area contributed by atoms with E-state index < -0.39 is 12.2 Å². The molecule has 1 fully saturated rings. The molecule has 80 valence electrons. The highest BCUT2D eigenvalue weighted by molar-refractivity contribution is 5.92. The van der Waals surface area contributed by atoms with E-state index in [4.69, 9.17) is 0 Å². The van der Waals surface area contributed by atoms with Gasteiger partial charge in [0.05, 0.1) is 12.2 Å². The van der Waals surface area contributed by atoms with Crippen LogP contribution in [0.1, 0.15) is 10.5 Å². The molecule has 0 bridgehead atoms. The van der Waals surface area contributed by atoms with Gasteiger partial charge >= 0.3 is 0 Å². The lowest BCUT2D eigenvalue weighted by Crippen LogP contribution is -2.30. The Kier molecular flexibility index (Phi) is 2.66. The molecule has 0 aliphatic carbocycles. The van der Waals surface area contributed by atoms with Crippen LogP contribution in [0.15, 0.2) is 24.4 Å². The lowest BCUT2D eigenvalue weighted by molar-refractivity contribution is 0.0572. The van der Waals surface area contributed by atoms with Crippen LogP contribution < -0.4 is 0 Å². The van der Waals surface area contributed by atoms with Gasteiger partial charge in [0.15, 0.2) is 0 Å². The molecular weight excluding hydrogens is 196 g/mol. The van der Waals surface area contributed by atoms with E-state index in [1.165, 1.54) is 11.1 Å². The number of nitrogens with zero attached hydrogens (tertiary/aromatic N) is 2. The molecule has 1 aromatic heterocycles. The zero-order chi connectivity index (χ0) is 10.8. The summed E-state index contributed by atoms with van der Waals surface area (Å²) in [4.78, 5) is 17.1. The number of rotatable bonds is 1. The Labute approximate surface area is 87.0 Å². The Morgan fingerprint density at radius 3 is 2.53 bits per heavy atom. The van der Waals surface area contributed by atoms with Crippen LogP contribution in [-0.2, 0) is 0 Å². The van der Waals surface area contributed by atoms with Gasteiger partial charge < -0.3 is 15.1 Å². The molecule has 2 N–H and O–H groups in total. The van der Waals surface area contributed by atoms with Crippen molar-refractivity contribution < 1.29 is 15.0 Å². The number of carbonyl (C=O) groups is 1. The van der Waals surface area contributed by atoms with Crippen molar-refractivity contribution in [3.8, 4) is 0 Å². The van der Waals surface area contributed by atoms with Crippen LogP contribution in [0.25, 0.3) is 0 Å². The molecule has 2 heterocycles. The number of amides is 1. The van der Waals surface area contributed by atoms with E-state index in [0.717, 1.165) is 0 Å². The summed E-state index contributed by atoms with van der Waals surface area (Å²) in [5.41, 5.74) is 0.332. The largest absolute Gasteiger partial charge is 0.388 e. The van der Waals surface area contributed by atoms with E-state index in [0.29, 0.717) is 5.69 Å². The molecular formula is C10H12N2O3. The van der Waals surface area contributed by atoms with Gasteiger partial charge in [0.2, 0.25) is 0 Å². The molecule has 0 saturated carbocycles. The molecule has 1 aliphatic rings. The third-order valence-corrected chi connectivity index (χ3v) is 2.43. The molecule has 0 spiro atoms. The van der Waals surface area contributed by atoms with Crippen LogP contribution in [0.5, 0.6) is 0 Å². The normalized spacial score (nSPS) is 25.6. The number of hydrogen-bond donors (Lipinski definition) is 2. The summed E-state index contributed by atoms with van der Waals surface area (Å²) in [5, 5.41) is 18.6. The van der Waals surface area contributed by atoms with Crippen LogP contribution in [0.4, 0.5) is 0 Å². The van der Waals surface area contributed by atoms with Gasteiger partial charge in [0.1, 0.15) is 5.69 Å². The summed E-state index contributed by atoms with van der Waals surface area (Å²) in [6.45, 7) is 0.327. The third kappa shape index (κ3) is 1.98. The fraction of sp³-hybridized carbons (Fsp3) is 0.400. The number of aliphatic hydroxyl groups is 2. The van der Waals surface area contributed by atoms with Crippen molar-refractivity contribution in [2.45, 2.75) is 12.2 Å². The zero-order valence-corrected chi connectivity index (χ0v) is 8.08. The van der Waals surface area contributed by atoms with Gasteiger partial charge in [0, 0.05) is 19.3 Å². The first kappa shape index (κ1) is 10.1. The zero-order valence-electron chi connectivity index (χ0n) is 8.08. The number of aromatic nitrogens is 1. The maximum atomic E-state index is 11.8. The summed E-state index contributed by atoms with van der Waals surface area (Å²) in [7, 11) is 0. The second-order valence-corrected chi connectivity index (χ2v) is 3.56. The molecule has 0 aromatic carbocycles. The van der Waals surface area contributed by atoms with E-state index in [-0.39, 0.29) is 19.0 Å². The standard InChI is InChI=1S/C10H12N2O3/c13-8-5-12(6-9(8)14)10(15)7-3-1-2-4-11-7/h1-4,8-9,13-14H,5-6H2/t8-,9+. The number of β-amino-alcohol motifs (C(OH)–C–C–N with tert-alkyl or cyclic N) is 2. The van der Waals surface area contributed by atoms with Gasteiger partial charge in [-0.05, 0) is 12.1 Å². The molecule has 5 nitrogen and oxygen atoms in total. The maximum Gasteiger partial charge on any atom is 0.272 e. The Morgan fingerprint density at radius 1 is 1.33 bits per heavy atom. The highest BCUT2D eigenvalue weighted by Crippen LogP contribution is 2.12. The highest BCUT2D eigenvalue weighted by atomic mass is 16.3. The minimum atomic E-state index is -0.849. The Balaban J connectivity index is 2.10. The van der Waals surface area contributed by atoms with Crippen LogP contribution in [-0.4, -0.2) is 51.3 Å². The third-order valence-electron chi connectivity index (χ3n) is 2.43. The summed E-state index contributed by atoms with van der Waals surface area (Å²) in [5.74, 6) is -0.258. The van der Waals surface area contributed by atoms with Crippen molar-refractivity contribution in [2.24, 2.45) is 0 Å². The van der Waals surface area contributed by atoms with Gasteiger partial charge in [-0.2, -0.15) is 0 Å². The molecule has 1 saturated heterocycles. The van der Waals surface area contributed by atoms with E-state index in [1.807, 2.05) is 0 Å². The second-order valence-electron chi connectivity index (χ2n) is 3.56. The van der Waals surface area contributed by atoms with Crippen molar-refractivity contribution in [2.75, 3.05) is 13.1 Å². The number of pyridine rings is 1. The fourth-order valence-electron chi connectivity index (χ4n) is 1.59.